The molecule has 0 bridgehead atoms. The van der Waals surface area contributed by atoms with Crippen molar-refractivity contribution < 1.29 is 13.6 Å². The smallest absolute Gasteiger partial charge is 0.319 e. The summed E-state index contributed by atoms with van der Waals surface area (Å²) in [5, 5.41) is 5.51. The van der Waals surface area contributed by atoms with E-state index in [9.17, 15) is 13.6 Å². The highest BCUT2D eigenvalue weighted by molar-refractivity contribution is 7.99. The Hall–Kier alpha value is -1.30. The van der Waals surface area contributed by atoms with Crippen molar-refractivity contribution in [2.45, 2.75) is 36.0 Å². The van der Waals surface area contributed by atoms with Gasteiger partial charge in [-0.2, -0.15) is 8.78 Å². The van der Waals surface area contributed by atoms with E-state index in [0.717, 1.165) is 19.3 Å². The van der Waals surface area contributed by atoms with E-state index in [1.807, 2.05) is 0 Å². The van der Waals surface area contributed by atoms with Crippen molar-refractivity contribution in [2.75, 3.05) is 5.32 Å². The molecule has 0 aromatic heterocycles. The maximum Gasteiger partial charge on any atom is 0.319 e. The normalized spacial score (nSPS) is 15.3. The van der Waals surface area contributed by atoms with Gasteiger partial charge in [-0.05, 0) is 43.5 Å². The van der Waals surface area contributed by atoms with Gasteiger partial charge in [0.25, 0.3) is 5.76 Å². The summed E-state index contributed by atoms with van der Waals surface area (Å²) in [4.78, 5) is 12.0. The number of amides is 2. The first-order valence-corrected chi connectivity index (χ1v) is 6.64. The molecule has 0 aliphatic heterocycles. The van der Waals surface area contributed by atoms with Gasteiger partial charge < -0.3 is 10.6 Å². The van der Waals surface area contributed by atoms with E-state index in [-0.39, 0.29) is 12.1 Å². The van der Waals surface area contributed by atoms with Crippen LogP contribution in [0.3, 0.4) is 0 Å². The minimum Gasteiger partial charge on any atom is -0.335 e. The number of thioether (sulfide) groups is 1. The number of nitrogens with one attached hydrogen (secondary N) is 2. The second kappa shape index (κ2) is 6.04. The van der Waals surface area contributed by atoms with Gasteiger partial charge >= 0.3 is 6.03 Å². The zero-order chi connectivity index (χ0) is 13.0. The molecule has 1 aromatic carbocycles. The number of rotatable bonds is 4. The van der Waals surface area contributed by atoms with Crippen molar-refractivity contribution in [2.24, 2.45) is 0 Å². The summed E-state index contributed by atoms with van der Waals surface area (Å²) in [6, 6.07) is 6.40. The molecule has 0 saturated heterocycles. The van der Waals surface area contributed by atoms with Gasteiger partial charge in [0.15, 0.2) is 0 Å². The monoisotopic (exact) mass is 272 g/mol. The van der Waals surface area contributed by atoms with E-state index in [0.29, 0.717) is 22.3 Å². The van der Waals surface area contributed by atoms with Crippen molar-refractivity contribution in [3.63, 3.8) is 0 Å². The highest BCUT2D eigenvalue weighted by Gasteiger charge is 2.19. The van der Waals surface area contributed by atoms with Gasteiger partial charge in [-0.25, -0.2) is 4.79 Å². The molecule has 1 aliphatic carbocycles. The molecule has 0 unspecified atom stereocenters. The number of carbonyl (C=O) groups is 1. The molecule has 3 nitrogen and oxygen atoms in total. The summed E-state index contributed by atoms with van der Waals surface area (Å²) < 4.78 is 24.2. The topological polar surface area (TPSA) is 41.1 Å². The predicted molar refractivity (Wildman–Crippen MR) is 68.1 cm³/mol. The first-order chi connectivity index (χ1) is 8.63. The Morgan fingerprint density at radius 2 is 1.94 bits per heavy atom. The van der Waals surface area contributed by atoms with E-state index in [4.69, 9.17) is 0 Å². The molecule has 2 rings (SSSR count). The predicted octanol–water partition coefficient (Wildman–Crippen LogP) is 3.68. The maximum atomic E-state index is 12.1. The van der Waals surface area contributed by atoms with Crippen LogP contribution in [0.5, 0.6) is 0 Å². The van der Waals surface area contributed by atoms with Crippen LogP contribution in [0.2, 0.25) is 0 Å². The Kier molecular flexibility index (Phi) is 4.41. The average Bonchev–Trinajstić information content (AvgIpc) is 2.26. The van der Waals surface area contributed by atoms with Crippen LogP contribution in [-0.4, -0.2) is 17.8 Å². The third kappa shape index (κ3) is 3.87. The van der Waals surface area contributed by atoms with Crippen molar-refractivity contribution >= 4 is 23.5 Å². The lowest BCUT2D eigenvalue weighted by atomic mass is 9.93. The number of hydrogen-bond acceptors (Lipinski definition) is 2. The fourth-order valence-electron chi connectivity index (χ4n) is 1.62. The van der Waals surface area contributed by atoms with Gasteiger partial charge in [0.2, 0.25) is 0 Å². The second-order valence-electron chi connectivity index (χ2n) is 4.13. The van der Waals surface area contributed by atoms with E-state index >= 15 is 0 Å². The van der Waals surface area contributed by atoms with Crippen molar-refractivity contribution in [3.05, 3.63) is 24.3 Å². The summed E-state index contributed by atoms with van der Waals surface area (Å²) >= 11 is 0.488. The van der Waals surface area contributed by atoms with E-state index in [1.165, 1.54) is 0 Å². The highest BCUT2D eigenvalue weighted by atomic mass is 32.2. The zero-order valence-electron chi connectivity index (χ0n) is 9.66. The number of urea groups is 1. The first-order valence-electron chi connectivity index (χ1n) is 5.76. The van der Waals surface area contributed by atoms with Gasteiger partial charge in [-0.1, -0.05) is 11.8 Å². The Morgan fingerprint density at radius 3 is 2.44 bits per heavy atom. The van der Waals surface area contributed by atoms with Crippen molar-refractivity contribution in [3.8, 4) is 0 Å². The molecule has 1 aliphatic rings. The summed E-state index contributed by atoms with van der Waals surface area (Å²) in [6.07, 6.45) is 3.21. The first kappa shape index (κ1) is 13.1. The molecule has 1 fully saturated rings. The Balaban J connectivity index is 1.83. The van der Waals surface area contributed by atoms with Crippen LogP contribution in [0.1, 0.15) is 19.3 Å². The van der Waals surface area contributed by atoms with Crippen LogP contribution in [0.25, 0.3) is 0 Å². The molecule has 6 heteroatoms. The van der Waals surface area contributed by atoms with Crippen molar-refractivity contribution in [1.29, 1.82) is 0 Å². The minimum absolute atomic E-state index is 0.242. The van der Waals surface area contributed by atoms with Crippen LogP contribution in [0, 0.1) is 0 Å². The van der Waals surface area contributed by atoms with Crippen LogP contribution < -0.4 is 10.6 Å². The highest BCUT2D eigenvalue weighted by Crippen LogP contribution is 2.26. The van der Waals surface area contributed by atoms with Crippen LogP contribution in [-0.2, 0) is 0 Å². The summed E-state index contributed by atoms with van der Waals surface area (Å²) in [6.45, 7) is 0. The van der Waals surface area contributed by atoms with Crippen LogP contribution in [0.4, 0.5) is 19.3 Å². The standard InChI is InChI=1S/C12H14F2N2OS/c13-11(14)18-10-6-4-9(5-7-10)16-12(17)15-8-2-1-3-8/h4-8,11H,1-3H2,(H2,15,16,17). The number of hydrogen-bond donors (Lipinski definition) is 2. The third-order valence-electron chi connectivity index (χ3n) is 2.78. The molecule has 0 atom stereocenters. The number of benzene rings is 1. The lowest BCUT2D eigenvalue weighted by molar-refractivity contribution is 0.240. The molecular weight excluding hydrogens is 258 g/mol. The number of halogens is 2. The van der Waals surface area contributed by atoms with Crippen molar-refractivity contribution in [1.82, 2.24) is 5.32 Å². The van der Waals surface area contributed by atoms with Crippen LogP contribution in [0.15, 0.2) is 29.2 Å². The Bertz CT molecular complexity index is 407. The van der Waals surface area contributed by atoms with E-state index < -0.39 is 5.76 Å². The molecular formula is C12H14F2N2OS. The third-order valence-corrected chi connectivity index (χ3v) is 3.50. The molecule has 1 saturated carbocycles. The molecule has 18 heavy (non-hydrogen) atoms. The van der Waals surface area contributed by atoms with Gasteiger partial charge in [0, 0.05) is 16.6 Å². The Morgan fingerprint density at radius 1 is 1.28 bits per heavy atom. The second-order valence-corrected chi connectivity index (χ2v) is 5.19. The largest absolute Gasteiger partial charge is 0.335 e. The van der Waals surface area contributed by atoms with Gasteiger partial charge in [-0.15, -0.1) is 0 Å². The molecule has 2 amide bonds. The SMILES string of the molecule is O=C(Nc1ccc(SC(F)F)cc1)NC1CCC1. The average molecular weight is 272 g/mol. The molecule has 1 aromatic rings. The fourth-order valence-corrected chi connectivity index (χ4v) is 2.12. The summed E-state index contributed by atoms with van der Waals surface area (Å²) in [5.74, 6) is -2.43. The van der Waals surface area contributed by atoms with E-state index in [1.54, 1.807) is 24.3 Å². The number of anilines is 1. The molecule has 2 N–H and O–H groups in total. The maximum absolute atomic E-state index is 12.1. The summed E-state index contributed by atoms with van der Waals surface area (Å²) in [7, 11) is 0. The van der Waals surface area contributed by atoms with Gasteiger partial charge in [0.1, 0.15) is 0 Å². The van der Waals surface area contributed by atoms with Gasteiger partial charge in [-0.3, -0.25) is 0 Å². The van der Waals surface area contributed by atoms with Crippen LogP contribution >= 0.6 is 11.8 Å². The van der Waals surface area contributed by atoms with Gasteiger partial charge in [0.05, 0.1) is 0 Å². The number of carbonyl (C=O) groups excluding carboxylic acids is 1. The molecule has 0 spiro atoms. The minimum atomic E-state index is -2.43. The zero-order valence-corrected chi connectivity index (χ0v) is 10.5. The van der Waals surface area contributed by atoms with E-state index in [2.05, 4.69) is 10.6 Å². The quantitative estimate of drug-likeness (QED) is 0.821. The fraction of sp³-hybridized carbons (Fsp3) is 0.417. The molecule has 0 radical (unpaired) electrons. The molecule has 98 valence electrons. The lowest BCUT2D eigenvalue weighted by Crippen LogP contribution is -2.41. The Labute approximate surface area is 108 Å². The summed E-state index contributed by atoms with van der Waals surface area (Å²) in [5.41, 5.74) is 0.602. The number of alkyl halides is 2. The molecule has 0 heterocycles. The lowest BCUT2D eigenvalue weighted by Gasteiger charge is -2.26.